The van der Waals surface area contributed by atoms with Crippen molar-refractivity contribution in [3.8, 4) is 0 Å². The molecule has 0 amide bonds. The zero-order valence-electron chi connectivity index (χ0n) is 7.61. The van der Waals surface area contributed by atoms with Crippen molar-refractivity contribution in [2.45, 2.75) is 18.4 Å². The second kappa shape index (κ2) is 3.90. The van der Waals surface area contributed by atoms with Gasteiger partial charge in [0, 0.05) is 18.5 Å². The summed E-state index contributed by atoms with van der Waals surface area (Å²) in [4.78, 5) is 0. The zero-order chi connectivity index (χ0) is 9.10. The van der Waals surface area contributed by atoms with Crippen LogP contribution in [0.25, 0.3) is 0 Å². The third-order valence-electron chi connectivity index (χ3n) is 2.54. The molecule has 0 radical (unpaired) electrons. The lowest BCUT2D eigenvalue weighted by Crippen LogP contribution is -2.21. The average molecular weight is 177 g/mol. The van der Waals surface area contributed by atoms with E-state index >= 15 is 0 Å². The Morgan fingerprint density at radius 1 is 1.31 bits per heavy atom. The molecule has 2 unspecified atom stereocenters. The van der Waals surface area contributed by atoms with E-state index in [0.717, 1.165) is 0 Å². The molecule has 0 heterocycles. The maximum Gasteiger partial charge on any atom is 0.0556 e. The third-order valence-corrected chi connectivity index (χ3v) is 2.54. The molecule has 1 aromatic rings. The minimum absolute atomic E-state index is 0.234. The molecular formula is C11H15NO. The molecule has 2 rings (SSSR count). The smallest absolute Gasteiger partial charge is 0.0556 e. The lowest BCUT2D eigenvalue weighted by atomic mass is 10.1. The van der Waals surface area contributed by atoms with E-state index in [2.05, 4.69) is 29.6 Å². The van der Waals surface area contributed by atoms with Gasteiger partial charge in [-0.1, -0.05) is 30.3 Å². The molecule has 13 heavy (non-hydrogen) atoms. The van der Waals surface area contributed by atoms with Gasteiger partial charge in [-0.15, -0.1) is 0 Å². The van der Waals surface area contributed by atoms with Crippen LogP contribution >= 0.6 is 0 Å². The van der Waals surface area contributed by atoms with Crippen molar-refractivity contribution in [3.63, 3.8) is 0 Å². The maximum atomic E-state index is 8.64. The summed E-state index contributed by atoms with van der Waals surface area (Å²) >= 11 is 0. The Bertz CT molecular complexity index is 260. The van der Waals surface area contributed by atoms with E-state index in [-0.39, 0.29) is 6.61 Å². The molecule has 0 bridgehead atoms. The maximum absolute atomic E-state index is 8.64. The second-order valence-corrected chi connectivity index (χ2v) is 3.54. The van der Waals surface area contributed by atoms with E-state index in [1.165, 1.54) is 12.0 Å². The summed E-state index contributed by atoms with van der Waals surface area (Å²) in [6, 6.07) is 11.1. The predicted octanol–water partition coefficient (Wildman–Crippen LogP) is 1.12. The van der Waals surface area contributed by atoms with E-state index in [4.69, 9.17) is 5.11 Å². The summed E-state index contributed by atoms with van der Waals surface area (Å²) in [6.07, 6.45) is 1.21. The van der Waals surface area contributed by atoms with Gasteiger partial charge >= 0.3 is 0 Å². The van der Waals surface area contributed by atoms with Gasteiger partial charge < -0.3 is 10.4 Å². The van der Waals surface area contributed by atoms with Crippen LogP contribution in [0.5, 0.6) is 0 Å². The largest absolute Gasteiger partial charge is 0.395 e. The van der Waals surface area contributed by atoms with Crippen molar-refractivity contribution in [1.82, 2.24) is 5.32 Å². The fourth-order valence-electron chi connectivity index (χ4n) is 1.74. The molecule has 2 nitrogen and oxygen atoms in total. The summed E-state index contributed by atoms with van der Waals surface area (Å²) in [5.41, 5.74) is 1.41. The van der Waals surface area contributed by atoms with Crippen molar-refractivity contribution in [1.29, 1.82) is 0 Å². The predicted molar refractivity (Wildman–Crippen MR) is 52.7 cm³/mol. The molecule has 1 aliphatic carbocycles. The first-order valence-electron chi connectivity index (χ1n) is 4.81. The molecular weight excluding hydrogens is 162 g/mol. The molecule has 0 aromatic heterocycles. The first kappa shape index (κ1) is 8.73. The summed E-state index contributed by atoms with van der Waals surface area (Å²) in [6.45, 7) is 0.950. The highest BCUT2D eigenvalue weighted by Crippen LogP contribution is 2.40. The van der Waals surface area contributed by atoms with Crippen LogP contribution in [-0.2, 0) is 0 Å². The number of aliphatic hydroxyl groups excluding tert-OH is 1. The van der Waals surface area contributed by atoms with Crippen molar-refractivity contribution >= 4 is 0 Å². The van der Waals surface area contributed by atoms with Gasteiger partial charge in [-0.05, 0) is 12.0 Å². The van der Waals surface area contributed by atoms with Gasteiger partial charge in [-0.3, -0.25) is 0 Å². The SMILES string of the molecule is OCCNC1CC1c1ccccc1. The van der Waals surface area contributed by atoms with E-state index in [1.54, 1.807) is 0 Å². The lowest BCUT2D eigenvalue weighted by Gasteiger charge is -2.01. The summed E-state index contributed by atoms with van der Waals surface area (Å²) < 4.78 is 0. The Hall–Kier alpha value is -0.860. The van der Waals surface area contributed by atoms with Gasteiger partial charge in [0.1, 0.15) is 0 Å². The average Bonchev–Trinajstić information content (AvgIpc) is 2.95. The van der Waals surface area contributed by atoms with Gasteiger partial charge in [0.15, 0.2) is 0 Å². The highest BCUT2D eigenvalue weighted by Gasteiger charge is 2.37. The van der Waals surface area contributed by atoms with Gasteiger partial charge in [-0.2, -0.15) is 0 Å². The van der Waals surface area contributed by atoms with Crippen molar-refractivity contribution in [3.05, 3.63) is 35.9 Å². The third kappa shape index (κ3) is 2.08. The molecule has 2 atom stereocenters. The molecule has 2 N–H and O–H groups in total. The Morgan fingerprint density at radius 2 is 2.08 bits per heavy atom. The van der Waals surface area contributed by atoms with Crippen LogP contribution in [0, 0.1) is 0 Å². The molecule has 1 saturated carbocycles. The first-order valence-corrected chi connectivity index (χ1v) is 4.81. The monoisotopic (exact) mass is 177 g/mol. The van der Waals surface area contributed by atoms with Crippen LogP contribution in [-0.4, -0.2) is 24.3 Å². The number of nitrogens with one attached hydrogen (secondary N) is 1. The van der Waals surface area contributed by atoms with Gasteiger partial charge in [0.25, 0.3) is 0 Å². The van der Waals surface area contributed by atoms with Crippen LogP contribution in [0.4, 0.5) is 0 Å². The van der Waals surface area contributed by atoms with Crippen LogP contribution < -0.4 is 5.32 Å². The van der Waals surface area contributed by atoms with Crippen molar-refractivity contribution < 1.29 is 5.11 Å². The van der Waals surface area contributed by atoms with E-state index in [0.29, 0.717) is 18.5 Å². The molecule has 0 saturated heterocycles. The van der Waals surface area contributed by atoms with Crippen molar-refractivity contribution in [2.75, 3.05) is 13.2 Å². The molecule has 0 spiro atoms. The highest BCUT2D eigenvalue weighted by molar-refractivity contribution is 5.27. The van der Waals surface area contributed by atoms with Crippen LogP contribution in [0.3, 0.4) is 0 Å². The number of benzene rings is 1. The van der Waals surface area contributed by atoms with E-state index < -0.39 is 0 Å². The number of hydrogen-bond donors (Lipinski definition) is 2. The number of hydrogen-bond acceptors (Lipinski definition) is 2. The van der Waals surface area contributed by atoms with Gasteiger partial charge in [-0.25, -0.2) is 0 Å². The minimum Gasteiger partial charge on any atom is -0.395 e. The molecule has 70 valence electrons. The first-order chi connectivity index (χ1) is 6.42. The molecule has 0 aliphatic heterocycles. The van der Waals surface area contributed by atoms with Crippen LogP contribution in [0.15, 0.2) is 30.3 Å². The minimum atomic E-state index is 0.234. The van der Waals surface area contributed by atoms with Crippen LogP contribution in [0.2, 0.25) is 0 Å². The van der Waals surface area contributed by atoms with E-state index in [9.17, 15) is 0 Å². The van der Waals surface area contributed by atoms with Gasteiger partial charge in [0.05, 0.1) is 6.61 Å². The Morgan fingerprint density at radius 3 is 2.77 bits per heavy atom. The Balaban J connectivity index is 1.86. The fourth-order valence-corrected chi connectivity index (χ4v) is 1.74. The summed E-state index contributed by atoms with van der Waals surface area (Å²) in [5.74, 6) is 0.674. The number of rotatable bonds is 4. The molecule has 2 heteroatoms. The topological polar surface area (TPSA) is 32.3 Å². The van der Waals surface area contributed by atoms with E-state index in [1.807, 2.05) is 6.07 Å². The molecule has 1 fully saturated rings. The normalized spacial score (nSPS) is 25.9. The number of aliphatic hydroxyl groups is 1. The molecule has 1 aliphatic rings. The standard InChI is InChI=1S/C11H15NO/c13-7-6-12-11-8-10(11)9-4-2-1-3-5-9/h1-5,10-13H,6-8H2. The Kier molecular flexibility index (Phi) is 2.62. The summed E-state index contributed by atoms with van der Waals surface area (Å²) in [7, 11) is 0. The lowest BCUT2D eigenvalue weighted by molar-refractivity contribution is 0.291. The van der Waals surface area contributed by atoms with Gasteiger partial charge in [0.2, 0.25) is 0 Å². The highest BCUT2D eigenvalue weighted by atomic mass is 16.3. The van der Waals surface area contributed by atoms with Crippen molar-refractivity contribution in [2.24, 2.45) is 0 Å². The molecule has 1 aromatic carbocycles. The van der Waals surface area contributed by atoms with Crippen LogP contribution in [0.1, 0.15) is 17.9 Å². The quantitative estimate of drug-likeness (QED) is 0.722. The fraction of sp³-hybridized carbons (Fsp3) is 0.455. The Labute approximate surface area is 78.6 Å². The zero-order valence-corrected chi connectivity index (χ0v) is 7.61. The summed E-state index contributed by atoms with van der Waals surface area (Å²) in [5, 5.41) is 11.9. The second-order valence-electron chi connectivity index (χ2n) is 3.54.